The third-order valence-corrected chi connectivity index (χ3v) is 6.68. The summed E-state index contributed by atoms with van der Waals surface area (Å²) < 4.78 is 5.39. The van der Waals surface area contributed by atoms with Crippen molar-refractivity contribution >= 4 is 11.9 Å². The fourth-order valence-electron chi connectivity index (χ4n) is 5.81. The molecule has 0 radical (unpaired) electrons. The van der Waals surface area contributed by atoms with E-state index >= 15 is 0 Å². The lowest BCUT2D eigenvalue weighted by atomic mass is 9.53. The van der Waals surface area contributed by atoms with Crippen molar-refractivity contribution in [3.05, 3.63) is 24.2 Å². The van der Waals surface area contributed by atoms with Crippen molar-refractivity contribution in [2.24, 2.45) is 17.8 Å². The molecular formula is C20H29N3O3. The summed E-state index contributed by atoms with van der Waals surface area (Å²) in [5.74, 6) is 2.80. The maximum atomic E-state index is 12.4. The van der Waals surface area contributed by atoms with E-state index in [-0.39, 0.29) is 30.1 Å². The Balaban J connectivity index is 1.29. The summed E-state index contributed by atoms with van der Waals surface area (Å²) in [5.41, 5.74) is -0.0769. The zero-order valence-electron chi connectivity index (χ0n) is 15.7. The molecule has 4 aliphatic rings. The predicted octanol–water partition coefficient (Wildman–Crippen LogP) is 3.07. The van der Waals surface area contributed by atoms with Gasteiger partial charge in [-0.2, -0.15) is 0 Å². The van der Waals surface area contributed by atoms with Gasteiger partial charge in [0, 0.05) is 5.54 Å². The van der Waals surface area contributed by atoms with Gasteiger partial charge >= 0.3 is 6.03 Å². The first-order valence-corrected chi connectivity index (χ1v) is 9.78. The Hall–Kier alpha value is -1.82. The van der Waals surface area contributed by atoms with Crippen LogP contribution < -0.4 is 10.6 Å². The molecule has 0 saturated heterocycles. The second-order valence-electron chi connectivity index (χ2n) is 8.81. The number of likely N-dealkylation sites (N-methyl/N-ethyl adjacent to an activating group) is 1. The van der Waals surface area contributed by atoms with Gasteiger partial charge in [-0.25, -0.2) is 4.79 Å². The average Bonchev–Trinajstić information content (AvgIpc) is 3.05. The summed E-state index contributed by atoms with van der Waals surface area (Å²) in [6.45, 7) is 2.12. The fraction of sp³-hybridized carbons (Fsp3) is 0.700. The van der Waals surface area contributed by atoms with E-state index in [9.17, 15) is 9.59 Å². The summed E-state index contributed by atoms with van der Waals surface area (Å²) in [6.07, 6.45) is 8.85. The smallest absolute Gasteiger partial charge is 0.321 e. The van der Waals surface area contributed by atoms with Crippen LogP contribution in [0.5, 0.6) is 0 Å². The lowest BCUT2D eigenvalue weighted by Gasteiger charge is -2.56. The van der Waals surface area contributed by atoms with Crippen LogP contribution in [0.1, 0.15) is 57.3 Å². The highest BCUT2D eigenvalue weighted by Crippen LogP contribution is 2.55. The second-order valence-corrected chi connectivity index (χ2v) is 8.81. The number of carbonyl (C=O) groups is 2. The van der Waals surface area contributed by atoms with E-state index in [1.54, 1.807) is 6.26 Å². The third-order valence-electron chi connectivity index (χ3n) is 6.68. The Morgan fingerprint density at radius 3 is 2.38 bits per heavy atom. The highest BCUT2D eigenvalue weighted by Gasteiger charge is 2.51. The van der Waals surface area contributed by atoms with Gasteiger partial charge in [-0.3, -0.25) is 15.0 Å². The van der Waals surface area contributed by atoms with E-state index < -0.39 is 0 Å². The molecule has 6 heteroatoms. The van der Waals surface area contributed by atoms with Crippen LogP contribution in [0.3, 0.4) is 0 Å². The molecule has 0 spiro atoms. The largest absolute Gasteiger partial charge is 0.468 e. The van der Waals surface area contributed by atoms with Gasteiger partial charge < -0.3 is 9.73 Å². The molecular weight excluding hydrogens is 330 g/mol. The zero-order valence-corrected chi connectivity index (χ0v) is 15.7. The minimum absolute atomic E-state index is 0.0260. The molecule has 4 bridgehead atoms. The van der Waals surface area contributed by atoms with E-state index in [4.69, 9.17) is 4.42 Å². The third kappa shape index (κ3) is 3.52. The maximum absolute atomic E-state index is 12.4. The molecule has 0 aromatic carbocycles. The molecule has 5 rings (SSSR count). The molecule has 142 valence electrons. The Bertz CT molecular complexity index is 635. The van der Waals surface area contributed by atoms with Crippen LogP contribution >= 0.6 is 0 Å². The van der Waals surface area contributed by atoms with Gasteiger partial charge in [0.15, 0.2) is 0 Å². The summed E-state index contributed by atoms with van der Waals surface area (Å²) in [7, 11) is 1.85. The molecule has 1 aromatic heterocycles. The molecule has 4 fully saturated rings. The summed E-state index contributed by atoms with van der Waals surface area (Å²) in [6, 6.07) is 3.36. The van der Waals surface area contributed by atoms with Gasteiger partial charge in [0.2, 0.25) is 5.91 Å². The fourth-order valence-corrected chi connectivity index (χ4v) is 5.81. The van der Waals surface area contributed by atoms with E-state index in [0.717, 1.165) is 42.8 Å². The number of furan rings is 1. The molecule has 26 heavy (non-hydrogen) atoms. The monoisotopic (exact) mass is 359 g/mol. The van der Waals surface area contributed by atoms with Gasteiger partial charge in [-0.15, -0.1) is 0 Å². The molecule has 3 amide bonds. The van der Waals surface area contributed by atoms with Crippen molar-refractivity contribution in [2.75, 3.05) is 13.6 Å². The highest BCUT2D eigenvalue weighted by atomic mass is 16.3. The normalized spacial score (nSPS) is 33.3. The number of nitrogens with zero attached hydrogens (tertiary/aromatic N) is 1. The number of hydrogen-bond acceptors (Lipinski definition) is 4. The number of rotatable bonds is 5. The van der Waals surface area contributed by atoms with Crippen LogP contribution in [0.4, 0.5) is 4.79 Å². The Morgan fingerprint density at radius 2 is 1.85 bits per heavy atom. The first-order chi connectivity index (χ1) is 12.4. The number of nitrogens with one attached hydrogen (secondary N) is 2. The molecule has 2 N–H and O–H groups in total. The van der Waals surface area contributed by atoms with Crippen molar-refractivity contribution in [1.82, 2.24) is 15.5 Å². The molecule has 4 saturated carbocycles. The standard InChI is InChI=1S/C20H29N3O3/c1-13(17-4-3-5-26-17)23(2)12-18(24)21-19(25)22-20-9-14-6-15(10-20)8-16(7-14)11-20/h3-5,13-16H,6-12H2,1-2H3,(H2,21,22,24,25). The number of hydrogen-bond donors (Lipinski definition) is 2. The highest BCUT2D eigenvalue weighted by molar-refractivity contribution is 5.95. The molecule has 1 unspecified atom stereocenters. The minimum Gasteiger partial charge on any atom is -0.468 e. The number of carbonyl (C=O) groups excluding carboxylic acids is 2. The van der Waals surface area contributed by atoms with Crippen molar-refractivity contribution < 1.29 is 14.0 Å². The Morgan fingerprint density at radius 1 is 1.23 bits per heavy atom. The van der Waals surface area contributed by atoms with Gasteiger partial charge in [0.1, 0.15) is 5.76 Å². The molecule has 1 heterocycles. The number of amides is 3. The van der Waals surface area contributed by atoms with Crippen LogP contribution in [0, 0.1) is 17.8 Å². The topological polar surface area (TPSA) is 74.6 Å². The molecule has 1 atom stereocenters. The Kier molecular flexibility index (Phi) is 4.55. The van der Waals surface area contributed by atoms with Crippen molar-refractivity contribution in [3.8, 4) is 0 Å². The van der Waals surface area contributed by atoms with Crippen LogP contribution in [0.25, 0.3) is 0 Å². The van der Waals surface area contributed by atoms with Gasteiger partial charge in [0.25, 0.3) is 0 Å². The van der Waals surface area contributed by atoms with Crippen molar-refractivity contribution in [1.29, 1.82) is 0 Å². The van der Waals surface area contributed by atoms with Crippen LogP contribution in [-0.4, -0.2) is 36.0 Å². The first kappa shape index (κ1) is 17.6. The second kappa shape index (κ2) is 6.72. The maximum Gasteiger partial charge on any atom is 0.321 e. The van der Waals surface area contributed by atoms with Gasteiger partial charge in [-0.1, -0.05) is 0 Å². The van der Waals surface area contributed by atoms with Crippen molar-refractivity contribution in [2.45, 2.75) is 57.0 Å². The SMILES string of the molecule is CC(c1ccco1)N(C)CC(=O)NC(=O)NC12CC3CC(CC(C3)C1)C2. The lowest BCUT2D eigenvalue weighted by Crippen LogP contribution is -2.62. The Labute approximate surface area is 154 Å². The summed E-state index contributed by atoms with van der Waals surface area (Å²) >= 11 is 0. The molecule has 4 aliphatic carbocycles. The van der Waals surface area contributed by atoms with Crippen molar-refractivity contribution in [3.63, 3.8) is 0 Å². The minimum atomic E-state index is -0.337. The van der Waals surface area contributed by atoms with Crippen LogP contribution in [0.15, 0.2) is 22.8 Å². The zero-order chi connectivity index (χ0) is 18.3. The summed E-state index contributed by atoms with van der Waals surface area (Å²) in [5, 5.41) is 5.70. The molecule has 6 nitrogen and oxygen atoms in total. The molecule has 1 aromatic rings. The quantitative estimate of drug-likeness (QED) is 0.847. The number of urea groups is 1. The van der Waals surface area contributed by atoms with E-state index in [1.165, 1.54) is 19.3 Å². The van der Waals surface area contributed by atoms with E-state index in [1.807, 2.05) is 31.0 Å². The van der Waals surface area contributed by atoms with Gasteiger partial charge in [-0.05, 0) is 82.4 Å². The van der Waals surface area contributed by atoms with Gasteiger partial charge in [0.05, 0.1) is 18.8 Å². The first-order valence-electron chi connectivity index (χ1n) is 9.78. The van der Waals surface area contributed by atoms with Crippen LogP contribution in [0.2, 0.25) is 0 Å². The van der Waals surface area contributed by atoms with Crippen LogP contribution in [-0.2, 0) is 4.79 Å². The van der Waals surface area contributed by atoms with E-state index in [0.29, 0.717) is 0 Å². The average molecular weight is 359 g/mol. The summed E-state index contributed by atoms with van der Waals surface area (Å²) in [4.78, 5) is 26.6. The predicted molar refractivity (Wildman–Crippen MR) is 97.3 cm³/mol. The molecule has 0 aliphatic heterocycles. The van der Waals surface area contributed by atoms with E-state index in [2.05, 4.69) is 10.6 Å². The lowest BCUT2D eigenvalue weighted by molar-refractivity contribution is -0.121. The number of imide groups is 1.